The smallest absolute Gasteiger partial charge is 0.211 e. The summed E-state index contributed by atoms with van der Waals surface area (Å²) < 4.78 is 27.1. The standard InChI is InChI=1S/C9H16N2O3S/c1-7-6-11-9(14-7)8(2)10-4-5-15(3,12)13/h6,8,10H,4-5H2,1-3H3. The average Bonchev–Trinajstić information content (AvgIpc) is 2.49. The molecule has 0 aliphatic rings. The largest absolute Gasteiger partial charge is 0.444 e. The van der Waals surface area contributed by atoms with Crippen molar-refractivity contribution in [2.45, 2.75) is 19.9 Å². The van der Waals surface area contributed by atoms with E-state index in [1.165, 1.54) is 6.26 Å². The monoisotopic (exact) mass is 232 g/mol. The minimum absolute atomic E-state index is 0.0690. The summed E-state index contributed by atoms with van der Waals surface area (Å²) in [5.41, 5.74) is 0. The molecule has 86 valence electrons. The fraction of sp³-hybridized carbons (Fsp3) is 0.667. The molecule has 0 amide bonds. The molecule has 15 heavy (non-hydrogen) atoms. The highest BCUT2D eigenvalue weighted by Gasteiger charge is 2.11. The Bertz CT molecular complexity index is 411. The minimum atomic E-state index is -2.91. The van der Waals surface area contributed by atoms with Crippen LogP contribution in [-0.4, -0.2) is 32.0 Å². The molecule has 6 heteroatoms. The fourth-order valence-electron chi connectivity index (χ4n) is 1.12. The van der Waals surface area contributed by atoms with Crippen LogP contribution in [0.4, 0.5) is 0 Å². The third-order valence-corrected chi connectivity index (χ3v) is 2.88. The van der Waals surface area contributed by atoms with Gasteiger partial charge in [0, 0.05) is 12.8 Å². The molecule has 0 radical (unpaired) electrons. The molecule has 5 nitrogen and oxygen atoms in total. The normalized spacial score (nSPS) is 14.1. The van der Waals surface area contributed by atoms with Crippen LogP contribution < -0.4 is 5.32 Å². The number of aromatic nitrogens is 1. The number of rotatable bonds is 5. The molecular formula is C9H16N2O3S. The van der Waals surface area contributed by atoms with Gasteiger partial charge in [-0.25, -0.2) is 13.4 Å². The molecule has 0 spiro atoms. The van der Waals surface area contributed by atoms with Gasteiger partial charge in [0.05, 0.1) is 18.0 Å². The van der Waals surface area contributed by atoms with Crippen LogP contribution in [0.15, 0.2) is 10.6 Å². The van der Waals surface area contributed by atoms with Crippen molar-refractivity contribution >= 4 is 9.84 Å². The zero-order valence-electron chi connectivity index (χ0n) is 9.15. The molecule has 1 rings (SSSR count). The van der Waals surface area contributed by atoms with Crippen molar-refractivity contribution < 1.29 is 12.8 Å². The Hall–Kier alpha value is -0.880. The number of nitrogens with one attached hydrogen (secondary N) is 1. The van der Waals surface area contributed by atoms with Gasteiger partial charge in [-0.1, -0.05) is 0 Å². The van der Waals surface area contributed by atoms with E-state index in [-0.39, 0.29) is 11.8 Å². The van der Waals surface area contributed by atoms with E-state index in [2.05, 4.69) is 10.3 Å². The molecule has 1 heterocycles. The number of oxazole rings is 1. The molecular weight excluding hydrogens is 216 g/mol. The SMILES string of the molecule is Cc1cnc(C(C)NCCS(C)(=O)=O)o1. The summed E-state index contributed by atoms with van der Waals surface area (Å²) >= 11 is 0. The Morgan fingerprint density at radius 1 is 1.60 bits per heavy atom. The molecule has 0 aliphatic carbocycles. The lowest BCUT2D eigenvalue weighted by molar-refractivity contribution is 0.408. The molecule has 1 N–H and O–H groups in total. The summed E-state index contributed by atoms with van der Waals surface area (Å²) in [6.07, 6.45) is 2.86. The summed E-state index contributed by atoms with van der Waals surface area (Å²) in [5, 5.41) is 3.03. The average molecular weight is 232 g/mol. The Morgan fingerprint density at radius 2 is 2.27 bits per heavy atom. The van der Waals surface area contributed by atoms with Gasteiger partial charge in [0.1, 0.15) is 15.6 Å². The molecule has 0 bridgehead atoms. The predicted octanol–water partition coefficient (Wildman–Crippen LogP) is 0.678. The molecule has 0 aliphatic heterocycles. The molecule has 0 aromatic carbocycles. The van der Waals surface area contributed by atoms with E-state index in [1.807, 2.05) is 13.8 Å². The number of hydrogen-bond acceptors (Lipinski definition) is 5. The van der Waals surface area contributed by atoms with Crippen molar-refractivity contribution in [1.29, 1.82) is 0 Å². The van der Waals surface area contributed by atoms with E-state index < -0.39 is 9.84 Å². The maximum atomic E-state index is 10.9. The highest BCUT2D eigenvalue weighted by atomic mass is 32.2. The summed E-state index contributed by atoms with van der Waals surface area (Å²) in [4.78, 5) is 4.05. The van der Waals surface area contributed by atoms with E-state index in [4.69, 9.17) is 4.42 Å². The number of sulfone groups is 1. The van der Waals surface area contributed by atoms with Gasteiger partial charge >= 0.3 is 0 Å². The van der Waals surface area contributed by atoms with Gasteiger partial charge in [-0.15, -0.1) is 0 Å². The molecule has 0 saturated carbocycles. The van der Waals surface area contributed by atoms with Gasteiger partial charge < -0.3 is 9.73 Å². The Morgan fingerprint density at radius 3 is 2.73 bits per heavy atom. The second-order valence-corrected chi connectivity index (χ2v) is 5.87. The first-order valence-corrected chi connectivity index (χ1v) is 6.78. The third-order valence-electron chi connectivity index (χ3n) is 1.93. The first-order valence-electron chi connectivity index (χ1n) is 4.72. The van der Waals surface area contributed by atoms with E-state index in [1.54, 1.807) is 6.20 Å². The number of hydrogen-bond donors (Lipinski definition) is 1. The maximum absolute atomic E-state index is 10.9. The molecule has 1 atom stereocenters. The topological polar surface area (TPSA) is 72.2 Å². The van der Waals surface area contributed by atoms with Crippen molar-refractivity contribution in [1.82, 2.24) is 10.3 Å². The van der Waals surface area contributed by atoms with Crippen LogP contribution in [0.25, 0.3) is 0 Å². The summed E-state index contributed by atoms with van der Waals surface area (Å²) in [5.74, 6) is 1.46. The van der Waals surface area contributed by atoms with E-state index in [9.17, 15) is 8.42 Å². The number of nitrogens with zero attached hydrogens (tertiary/aromatic N) is 1. The minimum Gasteiger partial charge on any atom is -0.444 e. The molecule has 1 aromatic heterocycles. The van der Waals surface area contributed by atoms with Crippen molar-refractivity contribution in [3.63, 3.8) is 0 Å². The van der Waals surface area contributed by atoms with Gasteiger partial charge in [-0.3, -0.25) is 0 Å². The van der Waals surface area contributed by atoms with Gasteiger partial charge in [0.25, 0.3) is 0 Å². The second kappa shape index (κ2) is 4.76. The number of aryl methyl sites for hydroxylation is 1. The Kier molecular flexibility index (Phi) is 3.87. The fourth-order valence-corrected chi connectivity index (χ4v) is 1.61. The van der Waals surface area contributed by atoms with E-state index >= 15 is 0 Å². The van der Waals surface area contributed by atoms with Gasteiger partial charge in [0.2, 0.25) is 5.89 Å². The van der Waals surface area contributed by atoms with E-state index in [0.29, 0.717) is 12.4 Å². The van der Waals surface area contributed by atoms with Crippen LogP contribution in [0.1, 0.15) is 24.6 Å². The first kappa shape index (κ1) is 12.2. The predicted molar refractivity (Wildman–Crippen MR) is 57.4 cm³/mol. The molecule has 1 aromatic rings. The molecule has 1 unspecified atom stereocenters. The maximum Gasteiger partial charge on any atom is 0.211 e. The summed E-state index contributed by atoms with van der Waals surface area (Å²) in [6.45, 7) is 4.11. The Labute approximate surface area is 89.8 Å². The van der Waals surface area contributed by atoms with Crippen LogP contribution in [0, 0.1) is 6.92 Å². The summed E-state index contributed by atoms with van der Waals surface area (Å²) in [7, 11) is -2.91. The van der Waals surface area contributed by atoms with Crippen molar-refractivity contribution in [3.05, 3.63) is 17.8 Å². The lowest BCUT2D eigenvalue weighted by Crippen LogP contribution is -2.25. The van der Waals surface area contributed by atoms with Crippen LogP contribution in [0.5, 0.6) is 0 Å². The van der Waals surface area contributed by atoms with E-state index in [0.717, 1.165) is 5.76 Å². The molecule has 0 fully saturated rings. The Balaban J connectivity index is 2.40. The van der Waals surface area contributed by atoms with Crippen LogP contribution >= 0.6 is 0 Å². The quantitative estimate of drug-likeness (QED) is 0.808. The zero-order valence-corrected chi connectivity index (χ0v) is 9.97. The van der Waals surface area contributed by atoms with Gasteiger partial charge in [-0.2, -0.15) is 0 Å². The first-order chi connectivity index (χ1) is 6.88. The third kappa shape index (κ3) is 4.44. The van der Waals surface area contributed by atoms with Crippen LogP contribution in [0.2, 0.25) is 0 Å². The second-order valence-electron chi connectivity index (χ2n) is 3.61. The van der Waals surface area contributed by atoms with Crippen molar-refractivity contribution in [3.8, 4) is 0 Å². The van der Waals surface area contributed by atoms with Crippen LogP contribution in [0.3, 0.4) is 0 Å². The highest BCUT2D eigenvalue weighted by molar-refractivity contribution is 7.90. The lowest BCUT2D eigenvalue weighted by atomic mass is 10.3. The zero-order chi connectivity index (χ0) is 11.5. The molecule has 0 saturated heterocycles. The highest BCUT2D eigenvalue weighted by Crippen LogP contribution is 2.11. The van der Waals surface area contributed by atoms with Crippen molar-refractivity contribution in [2.24, 2.45) is 0 Å². The summed E-state index contributed by atoms with van der Waals surface area (Å²) in [6, 6.07) is -0.0690. The van der Waals surface area contributed by atoms with Crippen molar-refractivity contribution in [2.75, 3.05) is 18.6 Å². The van der Waals surface area contributed by atoms with Gasteiger partial charge in [-0.05, 0) is 13.8 Å². The lowest BCUT2D eigenvalue weighted by Gasteiger charge is -2.08. The van der Waals surface area contributed by atoms with Crippen LogP contribution in [-0.2, 0) is 9.84 Å². The van der Waals surface area contributed by atoms with Gasteiger partial charge in [0.15, 0.2) is 0 Å².